The number of halogens is 2. The number of benzene rings is 1. The molecule has 0 bridgehead atoms. The van der Waals surface area contributed by atoms with Gasteiger partial charge in [-0.3, -0.25) is 0 Å². The lowest BCUT2D eigenvalue weighted by atomic mass is 9.75. The zero-order valence-electron chi connectivity index (χ0n) is 19.5. The highest BCUT2D eigenvalue weighted by Gasteiger charge is 2.40. The van der Waals surface area contributed by atoms with Crippen LogP contribution in [-0.4, -0.2) is 6.61 Å². The van der Waals surface area contributed by atoms with Gasteiger partial charge in [-0.05, 0) is 105 Å². The number of allylic oxidation sites excluding steroid dienone is 2. The predicted octanol–water partition coefficient (Wildman–Crippen LogP) is 8.58. The molecule has 0 radical (unpaired) electrons. The lowest BCUT2D eigenvalue weighted by Gasteiger charge is -2.30. The molecule has 1 aromatic rings. The van der Waals surface area contributed by atoms with Crippen molar-refractivity contribution >= 4 is 0 Å². The zero-order valence-corrected chi connectivity index (χ0v) is 19.5. The number of ether oxygens (including phenoxy) is 1. The summed E-state index contributed by atoms with van der Waals surface area (Å²) in [5, 5.41) is 0. The third-order valence-corrected chi connectivity index (χ3v) is 8.41. The summed E-state index contributed by atoms with van der Waals surface area (Å²) >= 11 is 0. The minimum absolute atomic E-state index is 0.0511. The third-order valence-electron chi connectivity index (χ3n) is 8.41. The first-order valence-corrected chi connectivity index (χ1v) is 12.9. The van der Waals surface area contributed by atoms with Crippen LogP contribution in [0.25, 0.3) is 0 Å². The Morgan fingerprint density at radius 3 is 2.45 bits per heavy atom. The Bertz CT molecular complexity index is 763. The maximum atomic E-state index is 14.7. The molecule has 172 valence electrons. The number of hydrogen-bond acceptors (Lipinski definition) is 1. The SMILES string of the molecule is CCCOc1ccc(C2CCC(CCC3CCC4C(CCC)=CCC34)CC2)c(F)c1F. The molecule has 0 aromatic heterocycles. The van der Waals surface area contributed by atoms with E-state index in [9.17, 15) is 8.78 Å². The molecule has 1 aromatic carbocycles. The van der Waals surface area contributed by atoms with E-state index in [0.29, 0.717) is 12.2 Å². The molecule has 3 unspecified atom stereocenters. The van der Waals surface area contributed by atoms with Crippen LogP contribution in [0.3, 0.4) is 0 Å². The van der Waals surface area contributed by atoms with Crippen LogP contribution in [0.15, 0.2) is 23.8 Å². The maximum Gasteiger partial charge on any atom is 0.200 e. The van der Waals surface area contributed by atoms with E-state index in [2.05, 4.69) is 13.0 Å². The first-order chi connectivity index (χ1) is 15.1. The maximum absolute atomic E-state index is 14.7. The number of fused-ring (bicyclic) bond motifs is 1. The van der Waals surface area contributed by atoms with Crippen molar-refractivity contribution in [3.8, 4) is 5.75 Å². The van der Waals surface area contributed by atoms with Gasteiger partial charge in [0.25, 0.3) is 0 Å². The van der Waals surface area contributed by atoms with Crippen LogP contribution in [0.4, 0.5) is 8.78 Å². The molecule has 2 fully saturated rings. The summed E-state index contributed by atoms with van der Waals surface area (Å²) < 4.78 is 34.4. The van der Waals surface area contributed by atoms with Gasteiger partial charge in [-0.15, -0.1) is 0 Å². The summed E-state index contributed by atoms with van der Waals surface area (Å²) in [6.07, 6.45) is 17.0. The molecule has 31 heavy (non-hydrogen) atoms. The molecule has 0 saturated heterocycles. The Balaban J connectivity index is 1.25. The van der Waals surface area contributed by atoms with Gasteiger partial charge in [0.2, 0.25) is 5.82 Å². The van der Waals surface area contributed by atoms with Gasteiger partial charge in [0.1, 0.15) is 0 Å². The van der Waals surface area contributed by atoms with Crippen molar-refractivity contribution in [2.45, 2.75) is 96.8 Å². The lowest BCUT2D eigenvalue weighted by molar-refractivity contribution is 0.258. The first-order valence-electron chi connectivity index (χ1n) is 12.9. The quantitative estimate of drug-likeness (QED) is 0.356. The molecule has 0 aliphatic heterocycles. The molecule has 0 spiro atoms. The smallest absolute Gasteiger partial charge is 0.200 e. The van der Waals surface area contributed by atoms with E-state index in [4.69, 9.17) is 4.74 Å². The van der Waals surface area contributed by atoms with Crippen LogP contribution in [0.2, 0.25) is 0 Å². The molecule has 3 heteroatoms. The summed E-state index contributed by atoms with van der Waals surface area (Å²) in [5.41, 5.74) is 2.31. The number of hydrogen-bond donors (Lipinski definition) is 0. The van der Waals surface area contributed by atoms with Crippen LogP contribution in [-0.2, 0) is 0 Å². The van der Waals surface area contributed by atoms with Gasteiger partial charge < -0.3 is 4.74 Å². The first kappa shape index (κ1) is 22.8. The Morgan fingerprint density at radius 1 is 0.903 bits per heavy atom. The molecule has 0 amide bonds. The van der Waals surface area contributed by atoms with Crippen molar-refractivity contribution in [3.63, 3.8) is 0 Å². The van der Waals surface area contributed by atoms with Gasteiger partial charge in [0.15, 0.2) is 11.6 Å². The molecule has 1 nitrogen and oxygen atoms in total. The summed E-state index contributed by atoms with van der Waals surface area (Å²) in [7, 11) is 0. The monoisotopic (exact) mass is 430 g/mol. The van der Waals surface area contributed by atoms with Gasteiger partial charge >= 0.3 is 0 Å². The van der Waals surface area contributed by atoms with Crippen molar-refractivity contribution < 1.29 is 13.5 Å². The third kappa shape index (κ3) is 5.01. The average Bonchev–Trinajstić information content (AvgIpc) is 3.37. The fourth-order valence-corrected chi connectivity index (χ4v) is 6.74. The molecule has 4 rings (SSSR count). The second kappa shape index (κ2) is 10.5. The fourth-order valence-electron chi connectivity index (χ4n) is 6.74. The van der Waals surface area contributed by atoms with Crippen LogP contribution in [0.1, 0.15) is 102 Å². The van der Waals surface area contributed by atoms with Crippen LogP contribution in [0.5, 0.6) is 5.75 Å². The van der Waals surface area contributed by atoms with Gasteiger partial charge in [-0.25, -0.2) is 4.39 Å². The minimum atomic E-state index is -0.809. The Hall–Kier alpha value is -1.38. The van der Waals surface area contributed by atoms with E-state index in [1.54, 1.807) is 17.7 Å². The largest absolute Gasteiger partial charge is 0.490 e. The van der Waals surface area contributed by atoms with Crippen molar-refractivity contribution in [3.05, 3.63) is 41.0 Å². The molecular formula is C28H40F2O. The van der Waals surface area contributed by atoms with Crippen LogP contribution in [0, 0.1) is 35.3 Å². The standard InChI is InChI=1S/C28H40F2O/c1-3-5-20-12-14-24-21(13-15-23(20)24)9-6-19-7-10-22(11-8-19)25-16-17-26(31-18-4-2)28(30)27(25)29/h12,16-17,19,21-24H,3-11,13-15,18H2,1-2H3. The normalized spacial score (nSPS) is 30.3. The fraction of sp³-hybridized carbons (Fsp3) is 0.714. The van der Waals surface area contributed by atoms with Crippen molar-refractivity contribution in [1.29, 1.82) is 0 Å². The summed E-state index contributed by atoms with van der Waals surface area (Å²) in [6.45, 7) is 4.67. The van der Waals surface area contributed by atoms with Crippen molar-refractivity contribution in [1.82, 2.24) is 0 Å². The van der Waals surface area contributed by atoms with Crippen LogP contribution >= 0.6 is 0 Å². The van der Waals surface area contributed by atoms with Gasteiger partial charge in [-0.1, -0.05) is 44.4 Å². The Labute approximate surface area is 187 Å². The van der Waals surface area contributed by atoms with E-state index >= 15 is 0 Å². The second-order valence-electron chi connectivity index (χ2n) is 10.3. The zero-order chi connectivity index (χ0) is 21.8. The minimum Gasteiger partial charge on any atom is -0.490 e. The van der Waals surface area contributed by atoms with E-state index in [1.807, 2.05) is 6.92 Å². The molecule has 3 aliphatic carbocycles. The van der Waals surface area contributed by atoms with Crippen LogP contribution < -0.4 is 4.74 Å². The molecular weight excluding hydrogens is 390 g/mol. The van der Waals surface area contributed by atoms with Crippen molar-refractivity contribution in [2.75, 3.05) is 6.61 Å². The van der Waals surface area contributed by atoms with E-state index in [0.717, 1.165) is 55.8 Å². The summed E-state index contributed by atoms with van der Waals surface area (Å²) in [6, 6.07) is 3.38. The van der Waals surface area contributed by atoms with E-state index in [-0.39, 0.29) is 11.7 Å². The van der Waals surface area contributed by atoms with Crippen molar-refractivity contribution in [2.24, 2.45) is 23.7 Å². The predicted molar refractivity (Wildman–Crippen MR) is 123 cm³/mol. The molecule has 0 N–H and O–H groups in total. The lowest BCUT2D eigenvalue weighted by Crippen LogP contribution is -2.17. The molecule has 0 heterocycles. The molecule has 3 atom stereocenters. The van der Waals surface area contributed by atoms with Gasteiger partial charge in [0, 0.05) is 0 Å². The molecule has 3 aliphatic rings. The second-order valence-corrected chi connectivity index (χ2v) is 10.3. The van der Waals surface area contributed by atoms with E-state index < -0.39 is 11.6 Å². The van der Waals surface area contributed by atoms with E-state index in [1.165, 1.54) is 44.9 Å². The van der Waals surface area contributed by atoms with Gasteiger partial charge in [0.05, 0.1) is 6.61 Å². The molecule has 2 saturated carbocycles. The summed E-state index contributed by atoms with van der Waals surface area (Å²) in [4.78, 5) is 0. The highest BCUT2D eigenvalue weighted by Crippen LogP contribution is 2.51. The highest BCUT2D eigenvalue weighted by molar-refractivity contribution is 5.33. The summed E-state index contributed by atoms with van der Waals surface area (Å²) in [5.74, 6) is 2.19. The number of rotatable bonds is 9. The average molecular weight is 431 g/mol. The topological polar surface area (TPSA) is 9.23 Å². The Kier molecular flexibility index (Phi) is 7.72. The highest BCUT2D eigenvalue weighted by atomic mass is 19.2. The Morgan fingerprint density at radius 2 is 1.71 bits per heavy atom. The van der Waals surface area contributed by atoms with Gasteiger partial charge in [-0.2, -0.15) is 4.39 Å².